The number of nitrogens with zero attached hydrogens (tertiary/aromatic N) is 3. The molecule has 3 rings (SSSR count). The minimum atomic E-state index is -0.295. The fraction of sp³-hybridized carbons (Fsp3) is 0.318. The highest BCUT2D eigenvalue weighted by Gasteiger charge is 2.26. The van der Waals surface area contributed by atoms with Crippen LogP contribution in [-0.4, -0.2) is 20.7 Å². The van der Waals surface area contributed by atoms with Gasteiger partial charge in [0.05, 0.1) is 16.1 Å². The van der Waals surface area contributed by atoms with Crippen LogP contribution in [-0.2, 0) is 12.3 Å². The quantitative estimate of drug-likeness (QED) is 0.319. The van der Waals surface area contributed by atoms with Gasteiger partial charge >= 0.3 is 0 Å². The molecule has 1 heterocycles. The Morgan fingerprint density at radius 2 is 1.84 bits per heavy atom. The third-order valence-corrected chi connectivity index (χ3v) is 7.06. The lowest BCUT2D eigenvalue weighted by atomic mass is 10.0. The van der Waals surface area contributed by atoms with E-state index in [-0.39, 0.29) is 17.9 Å². The minimum Gasteiger partial charge on any atom is -0.342 e. The van der Waals surface area contributed by atoms with Crippen LogP contribution < -0.4 is 5.32 Å². The number of amides is 1. The van der Waals surface area contributed by atoms with Gasteiger partial charge in [-0.3, -0.25) is 4.79 Å². The number of benzene rings is 2. The van der Waals surface area contributed by atoms with E-state index in [0.29, 0.717) is 22.2 Å². The molecule has 2 aromatic carbocycles. The summed E-state index contributed by atoms with van der Waals surface area (Å²) in [7, 11) is 0. The molecule has 0 aliphatic heterocycles. The van der Waals surface area contributed by atoms with Gasteiger partial charge in [-0.25, -0.2) is 0 Å². The van der Waals surface area contributed by atoms with Crippen molar-refractivity contribution in [3.63, 3.8) is 0 Å². The van der Waals surface area contributed by atoms with E-state index in [1.807, 2.05) is 26.0 Å². The van der Waals surface area contributed by atoms with Gasteiger partial charge in [0.1, 0.15) is 0 Å². The van der Waals surface area contributed by atoms with Crippen LogP contribution in [0.5, 0.6) is 0 Å². The number of rotatable bonds is 8. The highest BCUT2D eigenvalue weighted by Crippen LogP contribution is 2.28. The van der Waals surface area contributed by atoms with Crippen molar-refractivity contribution >= 4 is 56.8 Å². The van der Waals surface area contributed by atoms with Gasteiger partial charge in [0.2, 0.25) is 0 Å². The van der Waals surface area contributed by atoms with Crippen molar-refractivity contribution < 1.29 is 4.79 Å². The van der Waals surface area contributed by atoms with Crippen molar-refractivity contribution in [2.45, 2.75) is 44.3 Å². The molecule has 0 spiro atoms. The van der Waals surface area contributed by atoms with Crippen molar-refractivity contribution in [1.82, 2.24) is 20.1 Å². The van der Waals surface area contributed by atoms with E-state index in [0.717, 1.165) is 21.2 Å². The number of hydrogen-bond donors (Lipinski definition) is 1. The number of nitrogens with one attached hydrogen (secondary N) is 1. The summed E-state index contributed by atoms with van der Waals surface area (Å²) in [5, 5.41) is 13.5. The maximum absolute atomic E-state index is 12.9. The van der Waals surface area contributed by atoms with Crippen LogP contribution in [0.4, 0.5) is 0 Å². The second-order valence-electron chi connectivity index (χ2n) is 7.32. The summed E-state index contributed by atoms with van der Waals surface area (Å²) < 4.78 is 3.11. The third-order valence-electron chi connectivity index (χ3n) is 4.76. The van der Waals surface area contributed by atoms with Crippen LogP contribution >= 0.6 is 50.9 Å². The molecule has 0 bridgehead atoms. The zero-order chi connectivity index (χ0) is 22.5. The summed E-state index contributed by atoms with van der Waals surface area (Å²) in [6.07, 6.45) is 0. The molecular formula is C22H23BrCl2N4OS. The summed E-state index contributed by atoms with van der Waals surface area (Å²) in [6, 6.07) is 12.8. The average Bonchev–Trinajstić information content (AvgIpc) is 3.15. The first-order chi connectivity index (χ1) is 14.8. The fourth-order valence-corrected chi connectivity index (χ4v) is 4.58. The van der Waals surface area contributed by atoms with E-state index >= 15 is 0 Å². The predicted octanol–water partition coefficient (Wildman–Crippen LogP) is 6.79. The molecule has 5 nitrogen and oxygen atoms in total. The summed E-state index contributed by atoms with van der Waals surface area (Å²) >= 11 is 17.1. The van der Waals surface area contributed by atoms with Crippen LogP contribution in [0, 0.1) is 5.92 Å². The van der Waals surface area contributed by atoms with Gasteiger partial charge in [-0.05, 0) is 48.7 Å². The molecular weight excluding hydrogens is 519 g/mol. The summed E-state index contributed by atoms with van der Waals surface area (Å²) in [6.45, 7) is 6.85. The molecule has 0 saturated heterocycles. The van der Waals surface area contributed by atoms with Crippen molar-refractivity contribution in [2.75, 3.05) is 0 Å². The molecule has 1 amide bonds. The van der Waals surface area contributed by atoms with Gasteiger partial charge in [0, 0.05) is 22.3 Å². The number of aromatic nitrogens is 3. The average molecular weight is 542 g/mol. The number of halogens is 3. The number of hydrogen-bond acceptors (Lipinski definition) is 4. The van der Waals surface area contributed by atoms with Crippen molar-refractivity contribution in [2.24, 2.45) is 5.92 Å². The van der Waals surface area contributed by atoms with Crippen LogP contribution in [0.25, 0.3) is 0 Å². The minimum absolute atomic E-state index is 0.116. The lowest BCUT2D eigenvalue weighted by Crippen LogP contribution is -2.33. The lowest BCUT2D eigenvalue weighted by Gasteiger charge is -2.22. The van der Waals surface area contributed by atoms with Crippen LogP contribution in [0.2, 0.25) is 10.0 Å². The molecule has 0 radical (unpaired) electrons. The van der Waals surface area contributed by atoms with Gasteiger partial charge in [-0.15, -0.1) is 10.2 Å². The Morgan fingerprint density at radius 1 is 1.13 bits per heavy atom. The number of carbonyl (C=O) groups excluding carboxylic acids is 1. The Bertz CT molecular complexity index is 1060. The standard InChI is InChI=1S/C22H23BrCl2N4OS/c1-4-29-20(27-28-22(29)31-12-14-5-8-16(23)9-6-14)19(13(2)3)26-21(30)15-7-10-17(24)18(25)11-15/h5-11,13,19H,4,12H2,1-3H3,(H,26,30)/t19-/m0/s1. The molecule has 0 saturated carbocycles. The van der Waals surface area contributed by atoms with Crippen molar-refractivity contribution in [3.8, 4) is 0 Å². The zero-order valence-corrected chi connectivity index (χ0v) is 21.3. The van der Waals surface area contributed by atoms with Gasteiger partial charge in [0.15, 0.2) is 11.0 Å². The fourth-order valence-electron chi connectivity index (χ4n) is 3.05. The molecule has 0 aliphatic carbocycles. The molecule has 3 aromatic rings. The molecule has 31 heavy (non-hydrogen) atoms. The molecule has 0 fully saturated rings. The Morgan fingerprint density at radius 3 is 2.45 bits per heavy atom. The highest BCUT2D eigenvalue weighted by atomic mass is 79.9. The molecule has 9 heteroatoms. The highest BCUT2D eigenvalue weighted by molar-refractivity contribution is 9.10. The Kier molecular flexibility index (Phi) is 8.44. The first kappa shape index (κ1) is 24.1. The maximum atomic E-state index is 12.9. The molecule has 0 unspecified atom stereocenters. The summed E-state index contributed by atoms with van der Waals surface area (Å²) in [5.74, 6) is 1.41. The smallest absolute Gasteiger partial charge is 0.251 e. The summed E-state index contributed by atoms with van der Waals surface area (Å²) in [5.41, 5.74) is 1.65. The second kappa shape index (κ2) is 10.9. The maximum Gasteiger partial charge on any atom is 0.251 e. The third kappa shape index (κ3) is 6.04. The first-order valence-electron chi connectivity index (χ1n) is 9.86. The van der Waals surface area contributed by atoms with Gasteiger partial charge in [0.25, 0.3) is 5.91 Å². The first-order valence-corrected chi connectivity index (χ1v) is 12.4. The van der Waals surface area contributed by atoms with E-state index in [1.165, 1.54) is 5.56 Å². The van der Waals surface area contributed by atoms with E-state index < -0.39 is 0 Å². The normalized spacial score (nSPS) is 12.2. The largest absolute Gasteiger partial charge is 0.342 e. The van der Waals surface area contributed by atoms with Crippen molar-refractivity contribution in [1.29, 1.82) is 0 Å². The Hall–Kier alpha value is -1.54. The Balaban J connectivity index is 1.79. The molecule has 1 N–H and O–H groups in total. The number of thioether (sulfide) groups is 1. The van der Waals surface area contributed by atoms with E-state index in [9.17, 15) is 4.79 Å². The van der Waals surface area contributed by atoms with Gasteiger partial charge in [-0.2, -0.15) is 0 Å². The van der Waals surface area contributed by atoms with Crippen molar-refractivity contribution in [3.05, 3.63) is 73.9 Å². The van der Waals surface area contributed by atoms with E-state index in [2.05, 4.69) is 55.1 Å². The SMILES string of the molecule is CCn1c(SCc2ccc(Br)cc2)nnc1[C@@H](NC(=O)c1ccc(Cl)c(Cl)c1)C(C)C. The van der Waals surface area contributed by atoms with Crippen LogP contribution in [0.1, 0.15) is 48.6 Å². The zero-order valence-electron chi connectivity index (χ0n) is 17.4. The monoisotopic (exact) mass is 540 g/mol. The molecule has 1 atom stereocenters. The van der Waals surface area contributed by atoms with Gasteiger partial charge < -0.3 is 9.88 Å². The van der Waals surface area contributed by atoms with E-state index in [1.54, 1.807) is 30.0 Å². The van der Waals surface area contributed by atoms with Crippen LogP contribution in [0.15, 0.2) is 52.1 Å². The Labute approximate surface area is 205 Å². The number of carbonyl (C=O) groups is 1. The summed E-state index contributed by atoms with van der Waals surface area (Å²) in [4.78, 5) is 12.9. The lowest BCUT2D eigenvalue weighted by molar-refractivity contribution is 0.0922. The predicted molar refractivity (Wildman–Crippen MR) is 131 cm³/mol. The van der Waals surface area contributed by atoms with E-state index in [4.69, 9.17) is 23.2 Å². The molecule has 164 valence electrons. The molecule has 0 aliphatic rings. The van der Waals surface area contributed by atoms with Crippen LogP contribution in [0.3, 0.4) is 0 Å². The molecule has 1 aromatic heterocycles. The second-order valence-corrected chi connectivity index (χ2v) is 10.00. The van der Waals surface area contributed by atoms with Gasteiger partial charge in [-0.1, -0.05) is 76.9 Å². The topological polar surface area (TPSA) is 59.8 Å².